The van der Waals surface area contributed by atoms with Gasteiger partial charge in [0.05, 0.1) is 0 Å². The number of rotatable bonds is 2. The standard InChI is InChI=1S/C12H14N2/c1-9(7-13)11-4-2-3-10-8-14-6-5-12(10)11/h2-6,8-9H,7,13H2,1H3/t9-/m1/s1. The number of benzene rings is 1. The van der Waals surface area contributed by atoms with E-state index in [1.54, 1.807) is 0 Å². The molecule has 0 aliphatic carbocycles. The Morgan fingerprint density at radius 1 is 1.36 bits per heavy atom. The van der Waals surface area contributed by atoms with Crippen molar-refractivity contribution in [2.45, 2.75) is 12.8 Å². The summed E-state index contributed by atoms with van der Waals surface area (Å²) in [6.45, 7) is 2.83. The first kappa shape index (κ1) is 9.16. The molecule has 2 N–H and O–H groups in total. The van der Waals surface area contributed by atoms with Crippen molar-refractivity contribution in [2.75, 3.05) is 6.54 Å². The lowest BCUT2D eigenvalue weighted by atomic mass is 9.96. The second kappa shape index (κ2) is 3.76. The molecule has 0 bridgehead atoms. The van der Waals surface area contributed by atoms with Gasteiger partial charge in [0.2, 0.25) is 0 Å². The third-order valence-corrected chi connectivity index (χ3v) is 2.60. The highest BCUT2D eigenvalue weighted by molar-refractivity contribution is 5.85. The van der Waals surface area contributed by atoms with Gasteiger partial charge >= 0.3 is 0 Å². The molecule has 2 rings (SSSR count). The first-order valence-electron chi connectivity index (χ1n) is 4.85. The number of nitrogens with two attached hydrogens (primary N) is 1. The maximum absolute atomic E-state index is 5.68. The summed E-state index contributed by atoms with van der Waals surface area (Å²) in [5.74, 6) is 0.404. The maximum atomic E-state index is 5.68. The van der Waals surface area contributed by atoms with Crippen molar-refractivity contribution in [1.29, 1.82) is 0 Å². The van der Waals surface area contributed by atoms with Crippen LogP contribution < -0.4 is 5.73 Å². The predicted molar refractivity (Wildman–Crippen MR) is 59.2 cm³/mol. The summed E-state index contributed by atoms with van der Waals surface area (Å²) in [6, 6.07) is 8.33. The highest BCUT2D eigenvalue weighted by atomic mass is 14.6. The summed E-state index contributed by atoms with van der Waals surface area (Å²) < 4.78 is 0. The van der Waals surface area contributed by atoms with Gasteiger partial charge in [0, 0.05) is 17.8 Å². The van der Waals surface area contributed by atoms with Crippen LogP contribution in [0.3, 0.4) is 0 Å². The second-order valence-corrected chi connectivity index (χ2v) is 3.58. The van der Waals surface area contributed by atoms with E-state index in [0.29, 0.717) is 12.5 Å². The van der Waals surface area contributed by atoms with Gasteiger partial charge in [-0.15, -0.1) is 0 Å². The van der Waals surface area contributed by atoms with Gasteiger partial charge in [-0.25, -0.2) is 0 Å². The molecule has 1 aromatic carbocycles. The summed E-state index contributed by atoms with van der Waals surface area (Å²) in [7, 11) is 0. The van der Waals surface area contributed by atoms with E-state index in [4.69, 9.17) is 5.73 Å². The molecular formula is C12H14N2. The fourth-order valence-electron chi connectivity index (χ4n) is 1.70. The van der Waals surface area contributed by atoms with Gasteiger partial charge < -0.3 is 5.73 Å². The van der Waals surface area contributed by atoms with E-state index in [1.165, 1.54) is 16.3 Å². The highest BCUT2D eigenvalue weighted by Gasteiger charge is 2.06. The minimum atomic E-state index is 0.404. The van der Waals surface area contributed by atoms with E-state index in [2.05, 4.69) is 36.2 Å². The van der Waals surface area contributed by atoms with Crippen LogP contribution >= 0.6 is 0 Å². The summed E-state index contributed by atoms with van der Waals surface area (Å²) in [4.78, 5) is 4.11. The lowest BCUT2D eigenvalue weighted by molar-refractivity contribution is 0.781. The van der Waals surface area contributed by atoms with E-state index < -0.39 is 0 Å². The fraction of sp³-hybridized carbons (Fsp3) is 0.250. The van der Waals surface area contributed by atoms with Crippen LogP contribution in [0.5, 0.6) is 0 Å². The highest BCUT2D eigenvalue weighted by Crippen LogP contribution is 2.23. The Morgan fingerprint density at radius 2 is 2.21 bits per heavy atom. The topological polar surface area (TPSA) is 38.9 Å². The minimum absolute atomic E-state index is 0.404. The molecule has 2 nitrogen and oxygen atoms in total. The van der Waals surface area contributed by atoms with Crippen LogP contribution in [-0.4, -0.2) is 11.5 Å². The van der Waals surface area contributed by atoms with Gasteiger partial charge in [-0.3, -0.25) is 4.98 Å². The zero-order valence-corrected chi connectivity index (χ0v) is 8.27. The van der Waals surface area contributed by atoms with Crippen molar-refractivity contribution >= 4 is 10.8 Å². The van der Waals surface area contributed by atoms with Gasteiger partial charge in [-0.2, -0.15) is 0 Å². The summed E-state index contributed by atoms with van der Waals surface area (Å²) >= 11 is 0. The van der Waals surface area contributed by atoms with Crippen LogP contribution in [0.4, 0.5) is 0 Å². The lowest BCUT2D eigenvalue weighted by Crippen LogP contribution is -2.09. The number of pyridine rings is 1. The SMILES string of the molecule is C[C@H](CN)c1cccc2cnccc12. The van der Waals surface area contributed by atoms with Crippen molar-refractivity contribution < 1.29 is 0 Å². The zero-order valence-electron chi connectivity index (χ0n) is 8.27. The molecular weight excluding hydrogens is 172 g/mol. The van der Waals surface area contributed by atoms with Crippen molar-refractivity contribution in [3.63, 3.8) is 0 Å². The molecule has 0 saturated heterocycles. The summed E-state index contributed by atoms with van der Waals surface area (Å²) in [6.07, 6.45) is 3.72. The van der Waals surface area contributed by atoms with E-state index in [1.807, 2.05) is 12.4 Å². The largest absolute Gasteiger partial charge is 0.330 e. The number of nitrogens with zero attached hydrogens (tertiary/aromatic N) is 1. The minimum Gasteiger partial charge on any atom is -0.330 e. The van der Waals surface area contributed by atoms with E-state index in [9.17, 15) is 0 Å². The van der Waals surface area contributed by atoms with Gasteiger partial charge in [0.15, 0.2) is 0 Å². The van der Waals surface area contributed by atoms with Gasteiger partial charge in [0.25, 0.3) is 0 Å². The molecule has 1 atom stereocenters. The van der Waals surface area contributed by atoms with Crippen LogP contribution in [-0.2, 0) is 0 Å². The summed E-state index contributed by atoms with van der Waals surface area (Å²) in [5.41, 5.74) is 6.99. The van der Waals surface area contributed by atoms with Crippen molar-refractivity contribution in [1.82, 2.24) is 4.98 Å². The van der Waals surface area contributed by atoms with Gasteiger partial charge in [-0.05, 0) is 29.5 Å². The van der Waals surface area contributed by atoms with Gasteiger partial charge in [0.1, 0.15) is 0 Å². The first-order valence-corrected chi connectivity index (χ1v) is 4.85. The molecule has 2 aromatic rings. The maximum Gasteiger partial charge on any atom is 0.0346 e. The Balaban J connectivity index is 2.65. The Hall–Kier alpha value is -1.41. The Bertz CT molecular complexity index is 432. The molecule has 72 valence electrons. The third kappa shape index (κ3) is 1.49. The number of hydrogen-bond donors (Lipinski definition) is 1. The normalized spacial score (nSPS) is 13.0. The van der Waals surface area contributed by atoms with Crippen molar-refractivity contribution in [3.8, 4) is 0 Å². The number of aromatic nitrogens is 1. The lowest BCUT2D eigenvalue weighted by Gasteiger charge is -2.11. The Kier molecular flexibility index (Phi) is 2.46. The number of fused-ring (bicyclic) bond motifs is 1. The fourth-order valence-corrected chi connectivity index (χ4v) is 1.70. The molecule has 0 aliphatic rings. The number of hydrogen-bond acceptors (Lipinski definition) is 2. The Morgan fingerprint density at radius 3 is 3.00 bits per heavy atom. The quantitative estimate of drug-likeness (QED) is 0.781. The molecule has 1 heterocycles. The molecule has 0 radical (unpaired) electrons. The van der Waals surface area contributed by atoms with Crippen molar-refractivity contribution in [3.05, 3.63) is 42.2 Å². The monoisotopic (exact) mass is 186 g/mol. The van der Waals surface area contributed by atoms with E-state index in [0.717, 1.165) is 0 Å². The van der Waals surface area contributed by atoms with Crippen LogP contribution in [0, 0.1) is 0 Å². The molecule has 0 amide bonds. The van der Waals surface area contributed by atoms with E-state index in [-0.39, 0.29) is 0 Å². The Labute approximate surface area is 83.8 Å². The van der Waals surface area contributed by atoms with Crippen molar-refractivity contribution in [2.24, 2.45) is 5.73 Å². The first-order chi connectivity index (χ1) is 6.83. The van der Waals surface area contributed by atoms with Crippen LogP contribution in [0.15, 0.2) is 36.7 Å². The van der Waals surface area contributed by atoms with Gasteiger partial charge in [-0.1, -0.05) is 25.1 Å². The van der Waals surface area contributed by atoms with Crippen LogP contribution in [0.2, 0.25) is 0 Å². The van der Waals surface area contributed by atoms with E-state index >= 15 is 0 Å². The molecule has 0 aliphatic heterocycles. The zero-order chi connectivity index (χ0) is 9.97. The molecule has 14 heavy (non-hydrogen) atoms. The molecule has 0 spiro atoms. The smallest absolute Gasteiger partial charge is 0.0346 e. The molecule has 0 saturated carbocycles. The second-order valence-electron chi connectivity index (χ2n) is 3.58. The average Bonchev–Trinajstić information content (AvgIpc) is 2.27. The van der Waals surface area contributed by atoms with Crippen LogP contribution in [0.1, 0.15) is 18.4 Å². The van der Waals surface area contributed by atoms with Crippen LogP contribution in [0.25, 0.3) is 10.8 Å². The summed E-state index contributed by atoms with van der Waals surface area (Å²) in [5, 5.41) is 2.45. The predicted octanol–water partition coefficient (Wildman–Crippen LogP) is 2.30. The third-order valence-electron chi connectivity index (χ3n) is 2.60. The molecule has 0 unspecified atom stereocenters. The average molecular weight is 186 g/mol. The molecule has 1 aromatic heterocycles. The molecule has 0 fully saturated rings. The molecule has 2 heteroatoms.